The molecule has 0 radical (unpaired) electrons. The van der Waals surface area contributed by atoms with E-state index in [-0.39, 0.29) is 5.92 Å². The molecule has 1 rings (SSSR count). The van der Waals surface area contributed by atoms with Gasteiger partial charge >= 0.3 is 5.97 Å². The molecule has 1 N–H and O–H groups in total. The molecule has 0 fully saturated rings. The summed E-state index contributed by atoms with van der Waals surface area (Å²) < 4.78 is 0. The molecule has 0 amide bonds. The zero-order chi connectivity index (χ0) is 13.0. The summed E-state index contributed by atoms with van der Waals surface area (Å²) >= 11 is 11.7. The van der Waals surface area contributed by atoms with Crippen LogP contribution in [0, 0.1) is 5.92 Å². The molecule has 0 aliphatic heterocycles. The molecule has 0 aliphatic carbocycles. The molecular weight excluding hydrogens is 259 g/mol. The molecule has 1 aromatic rings. The molecule has 0 heterocycles. The highest BCUT2D eigenvalue weighted by Gasteiger charge is 2.26. The minimum atomic E-state index is -0.815. The van der Waals surface area contributed by atoms with Crippen molar-refractivity contribution in [3.63, 3.8) is 0 Å². The van der Waals surface area contributed by atoms with Crippen molar-refractivity contribution in [2.45, 2.75) is 32.6 Å². The van der Waals surface area contributed by atoms with Crippen molar-refractivity contribution in [1.29, 1.82) is 0 Å². The van der Waals surface area contributed by atoms with E-state index in [2.05, 4.69) is 0 Å². The monoisotopic (exact) mass is 274 g/mol. The molecule has 0 aromatic heterocycles. The van der Waals surface area contributed by atoms with Crippen LogP contribution in [0.15, 0.2) is 18.2 Å². The lowest BCUT2D eigenvalue weighted by Crippen LogP contribution is -2.19. The van der Waals surface area contributed by atoms with Gasteiger partial charge in [-0.25, -0.2) is 0 Å². The van der Waals surface area contributed by atoms with Gasteiger partial charge < -0.3 is 5.11 Å². The van der Waals surface area contributed by atoms with Gasteiger partial charge in [0.1, 0.15) is 0 Å². The summed E-state index contributed by atoms with van der Waals surface area (Å²) in [5.74, 6) is -1.26. The van der Waals surface area contributed by atoms with Crippen molar-refractivity contribution in [2.24, 2.45) is 5.92 Å². The first-order valence-electron chi connectivity index (χ1n) is 5.65. The van der Waals surface area contributed by atoms with Gasteiger partial charge in [0.2, 0.25) is 0 Å². The van der Waals surface area contributed by atoms with Gasteiger partial charge in [-0.15, -0.1) is 0 Å². The Morgan fingerprint density at radius 3 is 2.47 bits per heavy atom. The third kappa shape index (κ3) is 3.62. The van der Waals surface area contributed by atoms with E-state index in [1.807, 2.05) is 13.8 Å². The molecular formula is C13H16Cl2O2. The number of carboxylic acids is 1. The molecule has 2 nitrogen and oxygen atoms in total. The van der Waals surface area contributed by atoms with Crippen LogP contribution in [0.25, 0.3) is 0 Å². The highest BCUT2D eigenvalue weighted by molar-refractivity contribution is 6.42. The summed E-state index contributed by atoms with van der Waals surface area (Å²) in [5.41, 5.74) is 0.716. The number of benzene rings is 1. The van der Waals surface area contributed by atoms with Gasteiger partial charge in [-0.3, -0.25) is 4.79 Å². The predicted molar refractivity (Wildman–Crippen MR) is 70.9 cm³/mol. The highest BCUT2D eigenvalue weighted by atomic mass is 35.5. The predicted octanol–water partition coefficient (Wildman–Crippen LogP) is 4.60. The largest absolute Gasteiger partial charge is 0.481 e. The molecule has 0 aliphatic rings. The van der Waals surface area contributed by atoms with E-state index >= 15 is 0 Å². The lowest BCUT2D eigenvalue weighted by Gasteiger charge is -2.20. The lowest BCUT2D eigenvalue weighted by atomic mass is 9.84. The Morgan fingerprint density at radius 2 is 2.00 bits per heavy atom. The van der Waals surface area contributed by atoms with Gasteiger partial charge in [-0.2, -0.15) is 0 Å². The second kappa shape index (κ2) is 6.27. The van der Waals surface area contributed by atoms with Crippen LogP contribution < -0.4 is 0 Å². The molecule has 0 spiro atoms. The Bertz CT molecular complexity index is 404. The average molecular weight is 275 g/mol. The van der Waals surface area contributed by atoms with Crippen LogP contribution in [0.5, 0.6) is 0 Å². The average Bonchev–Trinajstić information content (AvgIpc) is 2.23. The molecule has 0 saturated heterocycles. The number of hydrogen-bond donors (Lipinski definition) is 1. The molecule has 4 heteroatoms. The summed E-state index contributed by atoms with van der Waals surface area (Å²) in [4.78, 5) is 11.3. The van der Waals surface area contributed by atoms with E-state index in [0.29, 0.717) is 15.6 Å². The van der Waals surface area contributed by atoms with Crippen molar-refractivity contribution in [3.8, 4) is 0 Å². The third-order valence-corrected chi connectivity index (χ3v) is 3.62. The van der Waals surface area contributed by atoms with Crippen LogP contribution in [0.1, 0.15) is 38.2 Å². The third-order valence-electron chi connectivity index (χ3n) is 2.88. The van der Waals surface area contributed by atoms with Crippen LogP contribution in [0.3, 0.4) is 0 Å². The lowest BCUT2D eigenvalue weighted by molar-refractivity contribution is -0.140. The minimum Gasteiger partial charge on any atom is -0.481 e. The number of aliphatic carboxylic acids is 1. The molecule has 0 saturated carbocycles. The Morgan fingerprint density at radius 1 is 1.35 bits per heavy atom. The number of halogens is 2. The van der Waals surface area contributed by atoms with Crippen molar-refractivity contribution < 1.29 is 9.90 Å². The van der Waals surface area contributed by atoms with E-state index in [9.17, 15) is 9.90 Å². The summed E-state index contributed by atoms with van der Waals surface area (Å²) in [7, 11) is 0. The highest BCUT2D eigenvalue weighted by Crippen LogP contribution is 2.32. The van der Waals surface area contributed by atoms with E-state index in [1.54, 1.807) is 18.2 Å². The summed E-state index contributed by atoms with van der Waals surface area (Å²) in [6, 6.07) is 5.03. The number of hydrogen-bond acceptors (Lipinski definition) is 1. The number of rotatable bonds is 5. The number of carbonyl (C=O) groups is 1. The quantitative estimate of drug-likeness (QED) is 0.852. The molecule has 94 valence electrons. The fourth-order valence-electron chi connectivity index (χ4n) is 2.04. The molecule has 17 heavy (non-hydrogen) atoms. The van der Waals surface area contributed by atoms with E-state index in [4.69, 9.17) is 23.2 Å². The van der Waals surface area contributed by atoms with Gasteiger partial charge in [0.05, 0.1) is 16.0 Å². The first-order chi connectivity index (χ1) is 7.97. The van der Waals surface area contributed by atoms with Gasteiger partial charge in [-0.1, -0.05) is 49.5 Å². The molecule has 1 aromatic carbocycles. The van der Waals surface area contributed by atoms with Crippen molar-refractivity contribution in [2.75, 3.05) is 0 Å². The molecule has 2 atom stereocenters. The second-order valence-electron chi connectivity index (χ2n) is 4.26. The Kier molecular flexibility index (Phi) is 5.29. The fourth-order valence-corrected chi connectivity index (χ4v) is 2.35. The maximum Gasteiger partial charge on any atom is 0.311 e. The first kappa shape index (κ1) is 14.3. The Balaban J connectivity index is 3.05. The summed E-state index contributed by atoms with van der Waals surface area (Å²) in [6.45, 7) is 4.00. The smallest absolute Gasteiger partial charge is 0.311 e. The van der Waals surface area contributed by atoms with Crippen LogP contribution in [-0.2, 0) is 4.79 Å². The van der Waals surface area contributed by atoms with Gasteiger partial charge in [0, 0.05) is 0 Å². The first-order valence-corrected chi connectivity index (χ1v) is 6.40. The van der Waals surface area contributed by atoms with Crippen LogP contribution >= 0.6 is 23.2 Å². The van der Waals surface area contributed by atoms with E-state index in [0.717, 1.165) is 12.8 Å². The Hall–Kier alpha value is -0.730. The molecule has 0 bridgehead atoms. The van der Waals surface area contributed by atoms with Crippen molar-refractivity contribution >= 4 is 29.2 Å². The summed E-state index contributed by atoms with van der Waals surface area (Å²) in [6.07, 6.45) is 1.84. The van der Waals surface area contributed by atoms with Crippen molar-refractivity contribution in [3.05, 3.63) is 33.8 Å². The summed E-state index contributed by atoms with van der Waals surface area (Å²) in [5, 5.41) is 10.2. The Labute approximate surface area is 112 Å². The maximum atomic E-state index is 11.3. The topological polar surface area (TPSA) is 37.3 Å². The van der Waals surface area contributed by atoms with Gasteiger partial charge in [0.25, 0.3) is 0 Å². The van der Waals surface area contributed by atoms with Crippen LogP contribution in [-0.4, -0.2) is 11.1 Å². The zero-order valence-corrected chi connectivity index (χ0v) is 11.4. The number of carboxylic acid groups (broad SMARTS) is 1. The maximum absolute atomic E-state index is 11.3. The fraction of sp³-hybridized carbons (Fsp3) is 0.462. The van der Waals surface area contributed by atoms with Crippen LogP contribution in [0.4, 0.5) is 0 Å². The zero-order valence-electron chi connectivity index (χ0n) is 9.91. The van der Waals surface area contributed by atoms with Gasteiger partial charge in [-0.05, 0) is 30.0 Å². The SMILES string of the molecule is CCCC(C)C(C(=O)O)c1ccc(Cl)c(Cl)c1. The van der Waals surface area contributed by atoms with Crippen LogP contribution in [0.2, 0.25) is 10.0 Å². The van der Waals surface area contributed by atoms with Crippen molar-refractivity contribution in [1.82, 2.24) is 0 Å². The second-order valence-corrected chi connectivity index (χ2v) is 5.07. The van der Waals surface area contributed by atoms with E-state index < -0.39 is 11.9 Å². The van der Waals surface area contributed by atoms with E-state index in [1.165, 1.54) is 0 Å². The standard InChI is InChI=1S/C13H16Cl2O2/c1-3-4-8(2)12(13(16)17)9-5-6-10(14)11(15)7-9/h5-8,12H,3-4H2,1-2H3,(H,16,17). The van der Waals surface area contributed by atoms with Gasteiger partial charge in [0.15, 0.2) is 0 Å². The normalized spacial score (nSPS) is 14.4. The molecule has 2 unspecified atom stereocenters. The minimum absolute atomic E-state index is 0.0785.